The Morgan fingerprint density at radius 1 is 1.38 bits per heavy atom. The Balaban J connectivity index is 1.99. The van der Waals surface area contributed by atoms with Gasteiger partial charge in [-0.05, 0) is 20.8 Å². The number of nitrogens with two attached hydrogens (primary N) is 1. The van der Waals surface area contributed by atoms with Gasteiger partial charge in [-0.25, -0.2) is 4.99 Å². The van der Waals surface area contributed by atoms with E-state index in [1.54, 1.807) is 6.92 Å². The number of aryl methyl sites for hydroxylation is 1. The molecule has 1 aromatic heterocycles. The molecule has 1 aliphatic rings. The fraction of sp³-hybridized carbons (Fsp3) is 0.733. The SMILES string of the molecule is CCNC(=NCc1noc(C)n1)N1CCN(C(C)(C)C(N)=O)CC1. The fourth-order valence-electron chi connectivity index (χ4n) is 2.61. The summed E-state index contributed by atoms with van der Waals surface area (Å²) in [6.45, 7) is 11.7. The second-order valence-corrected chi connectivity index (χ2v) is 6.30. The van der Waals surface area contributed by atoms with Crippen molar-refractivity contribution in [2.75, 3.05) is 32.7 Å². The standard InChI is InChI=1S/C15H27N7O2/c1-5-17-14(18-10-12-19-11(2)24-20-12)21-6-8-22(9-7-21)15(3,4)13(16)23/h5-10H2,1-4H3,(H2,16,23)(H,17,18). The fourth-order valence-corrected chi connectivity index (χ4v) is 2.61. The van der Waals surface area contributed by atoms with Gasteiger partial charge in [-0.1, -0.05) is 5.16 Å². The van der Waals surface area contributed by atoms with Gasteiger partial charge in [-0.15, -0.1) is 0 Å². The first-order valence-electron chi connectivity index (χ1n) is 8.22. The molecule has 1 aromatic rings. The van der Waals surface area contributed by atoms with Crippen LogP contribution in [0.15, 0.2) is 9.52 Å². The van der Waals surface area contributed by atoms with E-state index in [0.717, 1.165) is 38.7 Å². The van der Waals surface area contributed by atoms with Crippen molar-refractivity contribution in [1.82, 2.24) is 25.3 Å². The number of carbonyl (C=O) groups excluding carboxylic acids is 1. The van der Waals surface area contributed by atoms with E-state index in [1.165, 1.54) is 0 Å². The smallest absolute Gasteiger partial charge is 0.237 e. The lowest BCUT2D eigenvalue weighted by atomic mass is 10.0. The Morgan fingerprint density at radius 3 is 2.54 bits per heavy atom. The van der Waals surface area contributed by atoms with Crippen molar-refractivity contribution in [1.29, 1.82) is 0 Å². The Kier molecular flexibility index (Phi) is 5.76. The van der Waals surface area contributed by atoms with Crippen molar-refractivity contribution in [3.05, 3.63) is 11.7 Å². The molecule has 0 atom stereocenters. The average Bonchev–Trinajstić information content (AvgIpc) is 2.97. The van der Waals surface area contributed by atoms with Crippen LogP contribution in [0.25, 0.3) is 0 Å². The minimum atomic E-state index is -0.635. The van der Waals surface area contributed by atoms with Crippen LogP contribution in [0, 0.1) is 6.92 Å². The van der Waals surface area contributed by atoms with Crippen molar-refractivity contribution >= 4 is 11.9 Å². The van der Waals surface area contributed by atoms with E-state index >= 15 is 0 Å². The molecule has 0 aliphatic carbocycles. The minimum Gasteiger partial charge on any atom is -0.368 e. The third kappa shape index (κ3) is 4.22. The molecule has 24 heavy (non-hydrogen) atoms. The number of amides is 1. The number of piperazine rings is 1. The summed E-state index contributed by atoms with van der Waals surface area (Å²) in [6, 6.07) is 0. The maximum atomic E-state index is 11.6. The van der Waals surface area contributed by atoms with Gasteiger partial charge in [0.2, 0.25) is 11.8 Å². The summed E-state index contributed by atoms with van der Waals surface area (Å²) >= 11 is 0. The van der Waals surface area contributed by atoms with Gasteiger partial charge >= 0.3 is 0 Å². The van der Waals surface area contributed by atoms with Crippen LogP contribution in [-0.4, -0.2) is 70.1 Å². The molecule has 1 aliphatic heterocycles. The molecule has 2 heterocycles. The highest BCUT2D eigenvalue weighted by molar-refractivity contribution is 5.84. The number of carbonyl (C=O) groups is 1. The van der Waals surface area contributed by atoms with E-state index in [-0.39, 0.29) is 5.91 Å². The summed E-state index contributed by atoms with van der Waals surface area (Å²) in [6.07, 6.45) is 0. The predicted molar refractivity (Wildman–Crippen MR) is 90.3 cm³/mol. The number of primary amides is 1. The first kappa shape index (κ1) is 18.2. The van der Waals surface area contributed by atoms with Crippen LogP contribution in [0.2, 0.25) is 0 Å². The maximum absolute atomic E-state index is 11.6. The van der Waals surface area contributed by atoms with Crippen LogP contribution in [0.4, 0.5) is 0 Å². The number of rotatable bonds is 5. The zero-order chi connectivity index (χ0) is 17.7. The third-order valence-electron chi connectivity index (χ3n) is 4.25. The van der Waals surface area contributed by atoms with Crippen LogP contribution < -0.4 is 11.1 Å². The van der Waals surface area contributed by atoms with E-state index in [2.05, 4.69) is 30.2 Å². The molecule has 9 heteroatoms. The summed E-state index contributed by atoms with van der Waals surface area (Å²) in [7, 11) is 0. The normalized spacial score (nSPS) is 17.2. The lowest BCUT2D eigenvalue weighted by molar-refractivity contribution is -0.129. The van der Waals surface area contributed by atoms with Gasteiger partial charge in [-0.3, -0.25) is 9.69 Å². The van der Waals surface area contributed by atoms with Crippen LogP contribution >= 0.6 is 0 Å². The molecule has 1 saturated heterocycles. The lowest BCUT2D eigenvalue weighted by Gasteiger charge is -2.43. The summed E-state index contributed by atoms with van der Waals surface area (Å²) in [4.78, 5) is 24.6. The molecule has 134 valence electrons. The van der Waals surface area contributed by atoms with E-state index in [4.69, 9.17) is 10.3 Å². The lowest BCUT2D eigenvalue weighted by Crippen LogP contribution is -2.61. The largest absolute Gasteiger partial charge is 0.368 e. The van der Waals surface area contributed by atoms with E-state index < -0.39 is 5.54 Å². The van der Waals surface area contributed by atoms with Crippen LogP contribution in [0.3, 0.4) is 0 Å². The summed E-state index contributed by atoms with van der Waals surface area (Å²) in [5.74, 6) is 1.62. The predicted octanol–water partition coefficient (Wildman–Crippen LogP) is -0.275. The number of hydrogen-bond donors (Lipinski definition) is 2. The maximum Gasteiger partial charge on any atom is 0.237 e. The van der Waals surface area contributed by atoms with Gasteiger partial charge in [-0.2, -0.15) is 4.98 Å². The molecule has 0 aromatic carbocycles. The van der Waals surface area contributed by atoms with Crippen molar-refractivity contribution in [2.24, 2.45) is 10.7 Å². The van der Waals surface area contributed by atoms with Crippen LogP contribution in [0.5, 0.6) is 0 Å². The number of hydrogen-bond acceptors (Lipinski definition) is 6. The van der Waals surface area contributed by atoms with E-state index in [1.807, 2.05) is 20.8 Å². The molecule has 1 fully saturated rings. The first-order valence-corrected chi connectivity index (χ1v) is 8.22. The molecule has 0 spiro atoms. The molecule has 0 unspecified atom stereocenters. The number of aliphatic imine (C=N–C) groups is 1. The number of nitrogens with one attached hydrogen (secondary N) is 1. The van der Waals surface area contributed by atoms with Crippen molar-refractivity contribution in [3.63, 3.8) is 0 Å². The Hall–Kier alpha value is -2.16. The zero-order valence-corrected chi connectivity index (χ0v) is 14.9. The van der Waals surface area contributed by atoms with Crippen LogP contribution in [-0.2, 0) is 11.3 Å². The van der Waals surface area contributed by atoms with Crippen molar-refractivity contribution < 1.29 is 9.32 Å². The minimum absolute atomic E-state index is 0.302. The second-order valence-electron chi connectivity index (χ2n) is 6.30. The van der Waals surface area contributed by atoms with Crippen LogP contribution in [0.1, 0.15) is 32.5 Å². The first-order chi connectivity index (χ1) is 11.3. The molecule has 0 radical (unpaired) electrons. The van der Waals surface area contributed by atoms with Crippen molar-refractivity contribution in [2.45, 2.75) is 39.8 Å². The molecule has 0 saturated carbocycles. The quantitative estimate of drug-likeness (QED) is 0.561. The molecule has 1 amide bonds. The third-order valence-corrected chi connectivity index (χ3v) is 4.25. The topological polar surface area (TPSA) is 113 Å². The summed E-state index contributed by atoms with van der Waals surface area (Å²) < 4.78 is 4.96. The average molecular weight is 337 g/mol. The number of aromatic nitrogens is 2. The second kappa shape index (κ2) is 7.61. The number of guanidine groups is 1. The molecular formula is C15H27N7O2. The van der Waals surface area contributed by atoms with Gasteiger partial charge in [0.25, 0.3) is 0 Å². The highest BCUT2D eigenvalue weighted by Gasteiger charge is 2.35. The highest BCUT2D eigenvalue weighted by Crippen LogP contribution is 2.16. The molecule has 3 N–H and O–H groups in total. The van der Waals surface area contributed by atoms with Gasteiger partial charge < -0.3 is 20.5 Å². The van der Waals surface area contributed by atoms with Gasteiger partial charge in [0.1, 0.15) is 6.54 Å². The monoisotopic (exact) mass is 337 g/mol. The number of nitrogens with zero attached hydrogens (tertiary/aromatic N) is 5. The van der Waals surface area contributed by atoms with Gasteiger partial charge in [0.15, 0.2) is 11.8 Å². The Labute approximate surface area is 142 Å². The van der Waals surface area contributed by atoms with E-state index in [0.29, 0.717) is 18.3 Å². The summed E-state index contributed by atoms with van der Waals surface area (Å²) in [5.41, 5.74) is 4.87. The van der Waals surface area contributed by atoms with E-state index in [9.17, 15) is 4.79 Å². The molecule has 0 bridgehead atoms. The Bertz CT molecular complexity index is 588. The van der Waals surface area contributed by atoms with Gasteiger partial charge in [0.05, 0.1) is 5.54 Å². The van der Waals surface area contributed by atoms with Gasteiger partial charge in [0, 0.05) is 39.6 Å². The molecular weight excluding hydrogens is 310 g/mol. The highest BCUT2D eigenvalue weighted by atomic mass is 16.5. The van der Waals surface area contributed by atoms with Crippen molar-refractivity contribution in [3.8, 4) is 0 Å². The zero-order valence-electron chi connectivity index (χ0n) is 14.9. The summed E-state index contributed by atoms with van der Waals surface area (Å²) in [5, 5.41) is 7.14. The molecule has 9 nitrogen and oxygen atoms in total. The Morgan fingerprint density at radius 2 is 2.04 bits per heavy atom. The molecule has 2 rings (SSSR count).